The highest BCUT2D eigenvalue weighted by atomic mass is 15.1. The van der Waals surface area contributed by atoms with Crippen molar-refractivity contribution in [1.29, 1.82) is 0 Å². The predicted octanol–water partition coefficient (Wildman–Crippen LogP) is 3.01. The zero-order valence-electron chi connectivity index (χ0n) is 14.5. The number of piperidine rings is 1. The average molecular weight is 296 g/mol. The summed E-state index contributed by atoms with van der Waals surface area (Å²) in [5.41, 5.74) is 0. The second kappa shape index (κ2) is 9.12. The topological polar surface area (TPSA) is 27.3 Å². The Kier molecular flexibility index (Phi) is 7.48. The summed E-state index contributed by atoms with van der Waals surface area (Å²) in [4.78, 5) is 2.54. The van der Waals surface area contributed by atoms with Crippen molar-refractivity contribution in [3.05, 3.63) is 0 Å². The van der Waals surface area contributed by atoms with Crippen molar-refractivity contribution in [3.8, 4) is 0 Å². The molecular weight excluding hydrogens is 258 g/mol. The number of nitrogens with zero attached hydrogens (tertiary/aromatic N) is 1. The Morgan fingerprint density at radius 1 is 1.05 bits per heavy atom. The number of hydrogen-bond acceptors (Lipinski definition) is 3. The van der Waals surface area contributed by atoms with Gasteiger partial charge in [-0.1, -0.05) is 33.1 Å². The van der Waals surface area contributed by atoms with Gasteiger partial charge in [0.25, 0.3) is 0 Å². The van der Waals surface area contributed by atoms with E-state index >= 15 is 0 Å². The Bertz CT molecular complexity index is 272. The second-order valence-electron chi connectivity index (χ2n) is 7.16. The van der Waals surface area contributed by atoms with Gasteiger partial charge in [0.15, 0.2) is 0 Å². The fourth-order valence-corrected chi connectivity index (χ4v) is 4.38. The van der Waals surface area contributed by atoms with Crippen LogP contribution in [0.5, 0.6) is 0 Å². The second-order valence-corrected chi connectivity index (χ2v) is 7.16. The monoisotopic (exact) mass is 295 g/mol. The number of rotatable bonds is 7. The molecule has 1 saturated heterocycles. The van der Waals surface area contributed by atoms with Gasteiger partial charge in [0.2, 0.25) is 0 Å². The van der Waals surface area contributed by atoms with Crippen LogP contribution in [-0.4, -0.2) is 49.2 Å². The van der Waals surface area contributed by atoms with Crippen molar-refractivity contribution >= 4 is 0 Å². The van der Waals surface area contributed by atoms with Crippen LogP contribution in [0.4, 0.5) is 0 Å². The fourth-order valence-electron chi connectivity index (χ4n) is 4.38. The molecule has 2 N–H and O–H groups in total. The van der Waals surface area contributed by atoms with Crippen molar-refractivity contribution in [2.24, 2.45) is 5.92 Å². The van der Waals surface area contributed by atoms with Gasteiger partial charge >= 0.3 is 0 Å². The highest BCUT2D eigenvalue weighted by Crippen LogP contribution is 2.30. The lowest BCUT2D eigenvalue weighted by Gasteiger charge is -2.41. The van der Waals surface area contributed by atoms with Gasteiger partial charge in [0, 0.05) is 24.7 Å². The maximum Gasteiger partial charge on any atom is 0.0169 e. The molecule has 0 amide bonds. The Morgan fingerprint density at radius 3 is 2.43 bits per heavy atom. The van der Waals surface area contributed by atoms with Crippen molar-refractivity contribution in [1.82, 2.24) is 15.5 Å². The smallest absolute Gasteiger partial charge is 0.0169 e. The van der Waals surface area contributed by atoms with E-state index in [1.165, 1.54) is 71.1 Å². The third-order valence-corrected chi connectivity index (χ3v) is 5.61. The van der Waals surface area contributed by atoms with E-state index in [1.54, 1.807) is 0 Å². The van der Waals surface area contributed by atoms with Crippen LogP contribution in [0.3, 0.4) is 0 Å². The van der Waals surface area contributed by atoms with Crippen LogP contribution in [0.2, 0.25) is 0 Å². The molecule has 3 heteroatoms. The first-order valence-corrected chi connectivity index (χ1v) is 9.46. The van der Waals surface area contributed by atoms with E-state index in [1.807, 2.05) is 0 Å². The first kappa shape index (κ1) is 17.2. The molecule has 3 nitrogen and oxygen atoms in total. The summed E-state index contributed by atoms with van der Waals surface area (Å²) in [5, 5.41) is 7.79. The summed E-state index contributed by atoms with van der Waals surface area (Å²) >= 11 is 0. The normalized spacial score (nSPS) is 32.3. The highest BCUT2D eigenvalue weighted by molar-refractivity contribution is 4.91. The molecule has 0 radical (unpaired) electrons. The average Bonchev–Trinajstić information content (AvgIpc) is 2.54. The minimum atomic E-state index is 0.610. The van der Waals surface area contributed by atoms with Gasteiger partial charge in [-0.2, -0.15) is 0 Å². The van der Waals surface area contributed by atoms with E-state index < -0.39 is 0 Å². The zero-order chi connectivity index (χ0) is 15.1. The molecule has 2 rings (SSSR count). The van der Waals surface area contributed by atoms with Gasteiger partial charge in [-0.15, -0.1) is 0 Å². The minimum Gasteiger partial charge on any atom is -0.314 e. The van der Waals surface area contributed by atoms with Gasteiger partial charge < -0.3 is 15.5 Å². The molecule has 0 bridgehead atoms. The molecule has 1 heterocycles. The van der Waals surface area contributed by atoms with Crippen molar-refractivity contribution in [2.75, 3.05) is 26.2 Å². The number of hydrogen-bond donors (Lipinski definition) is 2. The van der Waals surface area contributed by atoms with E-state index in [0.717, 1.165) is 18.0 Å². The van der Waals surface area contributed by atoms with E-state index in [9.17, 15) is 0 Å². The quantitative estimate of drug-likeness (QED) is 0.756. The van der Waals surface area contributed by atoms with Crippen LogP contribution in [0, 0.1) is 5.92 Å². The van der Waals surface area contributed by atoms with Gasteiger partial charge in [-0.25, -0.2) is 0 Å². The van der Waals surface area contributed by atoms with E-state index in [2.05, 4.69) is 36.3 Å². The Balaban J connectivity index is 1.85. The van der Waals surface area contributed by atoms with E-state index in [0.29, 0.717) is 6.04 Å². The van der Waals surface area contributed by atoms with Gasteiger partial charge in [-0.3, -0.25) is 0 Å². The Morgan fingerprint density at radius 2 is 1.76 bits per heavy atom. The van der Waals surface area contributed by atoms with Crippen LogP contribution in [0.15, 0.2) is 0 Å². The molecule has 1 aliphatic carbocycles. The third-order valence-electron chi connectivity index (χ3n) is 5.61. The van der Waals surface area contributed by atoms with Crippen molar-refractivity contribution in [2.45, 2.75) is 83.8 Å². The van der Waals surface area contributed by atoms with Crippen LogP contribution in [0.1, 0.15) is 65.7 Å². The summed E-state index contributed by atoms with van der Waals surface area (Å²) in [6.45, 7) is 11.7. The predicted molar refractivity (Wildman–Crippen MR) is 91.8 cm³/mol. The molecule has 4 atom stereocenters. The SMILES string of the molecule is CCN(CC)CC(C)NC1CCCCC1C1CCCCN1. The molecule has 4 unspecified atom stereocenters. The number of nitrogens with one attached hydrogen (secondary N) is 2. The lowest BCUT2D eigenvalue weighted by Crippen LogP contribution is -2.54. The van der Waals surface area contributed by atoms with Gasteiger partial charge in [0.05, 0.1) is 0 Å². The van der Waals surface area contributed by atoms with Crippen LogP contribution >= 0.6 is 0 Å². The Labute approximate surface area is 132 Å². The molecule has 124 valence electrons. The lowest BCUT2D eigenvalue weighted by atomic mass is 9.77. The molecule has 1 saturated carbocycles. The van der Waals surface area contributed by atoms with Crippen LogP contribution in [0.25, 0.3) is 0 Å². The summed E-state index contributed by atoms with van der Waals surface area (Å²) in [5.74, 6) is 0.859. The van der Waals surface area contributed by atoms with Gasteiger partial charge in [0.1, 0.15) is 0 Å². The molecule has 0 aromatic carbocycles. The third kappa shape index (κ3) is 5.22. The summed E-state index contributed by atoms with van der Waals surface area (Å²) in [6, 6.07) is 2.12. The first-order chi connectivity index (χ1) is 10.2. The molecule has 0 aromatic rings. The van der Waals surface area contributed by atoms with Crippen molar-refractivity contribution < 1.29 is 0 Å². The maximum atomic E-state index is 3.98. The number of likely N-dealkylation sites (N-methyl/N-ethyl adjacent to an activating group) is 1. The standard InChI is InChI=1S/C18H37N3/c1-4-21(5-2)14-15(3)20-18-12-7-6-10-16(18)17-11-8-9-13-19-17/h15-20H,4-14H2,1-3H3. The van der Waals surface area contributed by atoms with Crippen LogP contribution < -0.4 is 10.6 Å². The summed E-state index contributed by atoms with van der Waals surface area (Å²) < 4.78 is 0. The molecular formula is C18H37N3. The summed E-state index contributed by atoms with van der Waals surface area (Å²) in [6.07, 6.45) is 9.85. The molecule has 1 aliphatic heterocycles. The maximum absolute atomic E-state index is 3.98. The fraction of sp³-hybridized carbons (Fsp3) is 1.00. The van der Waals surface area contributed by atoms with E-state index in [-0.39, 0.29) is 0 Å². The minimum absolute atomic E-state index is 0.610. The summed E-state index contributed by atoms with van der Waals surface area (Å²) in [7, 11) is 0. The molecule has 2 aliphatic rings. The lowest BCUT2D eigenvalue weighted by molar-refractivity contribution is 0.162. The molecule has 2 fully saturated rings. The van der Waals surface area contributed by atoms with E-state index in [4.69, 9.17) is 0 Å². The first-order valence-electron chi connectivity index (χ1n) is 9.46. The molecule has 0 aromatic heterocycles. The Hall–Kier alpha value is -0.120. The highest BCUT2D eigenvalue weighted by Gasteiger charge is 2.32. The van der Waals surface area contributed by atoms with Crippen LogP contribution in [-0.2, 0) is 0 Å². The van der Waals surface area contributed by atoms with Gasteiger partial charge in [-0.05, 0) is 58.2 Å². The molecule has 21 heavy (non-hydrogen) atoms. The molecule has 0 spiro atoms. The van der Waals surface area contributed by atoms with Crippen molar-refractivity contribution in [3.63, 3.8) is 0 Å². The zero-order valence-corrected chi connectivity index (χ0v) is 14.5. The largest absolute Gasteiger partial charge is 0.314 e.